The third kappa shape index (κ3) is 5.22. The molecule has 2 rings (SSSR count). The van der Waals surface area contributed by atoms with E-state index in [-0.39, 0.29) is 24.2 Å². The van der Waals surface area contributed by atoms with Crippen molar-refractivity contribution in [3.05, 3.63) is 53.1 Å². The third-order valence-corrected chi connectivity index (χ3v) is 3.84. The minimum absolute atomic E-state index is 0. The number of hydrogen-bond acceptors (Lipinski definition) is 3. The predicted molar refractivity (Wildman–Crippen MR) is 106 cm³/mol. The van der Waals surface area contributed by atoms with Crippen LogP contribution < -0.4 is 16.4 Å². The molecule has 134 valence electrons. The summed E-state index contributed by atoms with van der Waals surface area (Å²) in [6, 6.07) is 10.7. The second kappa shape index (κ2) is 9.08. The topological polar surface area (TPSA) is 84.2 Å². The summed E-state index contributed by atoms with van der Waals surface area (Å²) in [5.74, 6) is -0.254. The highest BCUT2D eigenvalue weighted by Crippen LogP contribution is 2.25. The van der Waals surface area contributed by atoms with Gasteiger partial charge in [-0.25, -0.2) is 0 Å². The number of benzene rings is 2. The van der Waals surface area contributed by atoms with Gasteiger partial charge in [-0.2, -0.15) is 0 Å². The average Bonchev–Trinajstić information content (AvgIpc) is 2.53. The molecule has 0 aromatic heterocycles. The molecule has 0 fully saturated rings. The Kier molecular flexibility index (Phi) is 7.45. The van der Waals surface area contributed by atoms with Gasteiger partial charge in [0.25, 0.3) is 5.91 Å². The van der Waals surface area contributed by atoms with E-state index in [0.717, 1.165) is 17.5 Å². The molecule has 0 spiro atoms. The van der Waals surface area contributed by atoms with Crippen molar-refractivity contribution in [2.75, 3.05) is 16.4 Å². The SMILES string of the molecule is CCCC(=O)Nc1cccc(NC(=O)c2cc(N)ccc2C)c1C.Cl. The van der Waals surface area contributed by atoms with Crippen LogP contribution in [-0.4, -0.2) is 11.8 Å². The van der Waals surface area contributed by atoms with Crippen molar-refractivity contribution in [1.29, 1.82) is 0 Å². The van der Waals surface area contributed by atoms with E-state index in [2.05, 4.69) is 10.6 Å². The first-order valence-corrected chi connectivity index (χ1v) is 7.99. The third-order valence-electron chi connectivity index (χ3n) is 3.84. The molecule has 0 unspecified atom stereocenters. The molecule has 6 heteroatoms. The number of aryl methyl sites for hydroxylation is 1. The molecule has 2 aromatic rings. The van der Waals surface area contributed by atoms with Gasteiger partial charge in [0, 0.05) is 29.0 Å². The van der Waals surface area contributed by atoms with Gasteiger partial charge in [0.2, 0.25) is 5.91 Å². The average molecular weight is 362 g/mol. The molecule has 2 amide bonds. The Labute approximate surface area is 154 Å². The van der Waals surface area contributed by atoms with Crippen LogP contribution in [0.25, 0.3) is 0 Å². The van der Waals surface area contributed by atoms with Crippen LogP contribution in [0.1, 0.15) is 41.3 Å². The number of hydrogen-bond donors (Lipinski definition) is 3. The molecular formula is C19H24ClN3O2. The van der Waals surface area contributed by atoms with Gasteiger partial charge < -0.3 is 16.4 Å². The van der Waals surface area contributed by atoms with Crippen LogP contribution in [0.5, 0.6) is 0 Å². The number of halogens is 1. The molecule has 0 aliphatic rings. The summed E-state index contributed by atoms with van der Waals surface area (Å²) in [7, 11) is 0. The van der Waals surface area contributed by atoms with E-state index < -0.39 is 0 Å². The molecule has 0 atom stereocenters. The molecule has 25 heavy (non-hydrogen) atoms. The molecule has 4 N–H and O–H groups in total. The van der Waals surface area contributed by atoms with Crippen molar-refractivity contribution < 1.29 is 9.59 Å². The minimum atomic E-state index is -0.222. The highest BCUT2D eigenvalue weighted by molar-refractivity contribution is 6.06. The van der Waals surface area contributed by atoms with Gasteiger partial charge in [-0.1, -0.05) is 19.1 Å². The lowest BCUT2D eigenvalue weighted by Gasteiger charge is -2.14. The lowest BCUT2D eigenvalue weighted by atomic mass is 10.1. The Balaban J connectivity index is 0.00000312. The second-order valence-corrected chi connectivity index (χ2v) is 5.80. The van der Waals surface area contributed by atoms with E-state index >= 15 is 0 Å². The maximum atomic E-state index is 12.5. The maximum absolute atomic E-state index is 12.5. The molecule has 0 heterocycles. The predicted octanol–water partition coefficient (Wildman–Crippen LogP) is 4.30. The van der Waals surface area contributed by atoms with Crippen molar-refractivity contribution in [3.63, 3.8) is 0 Å². The molecule has 0 bridgehead atoms. The fourth-order valence-corrected chi connectivity index (χ4v) is 2.42. The first-order chi connectivity index (χ1) is 11.4. The molecular weight excluding hydrogens is 338 g/mol. The zero-order chi connectivity index (χ0) is 17.7. The number of rotatable bonds is 5. The molecule has 5 nitrogen and oxygen atoms in total. The van der Waals surface area contributed by atoms with Crippen molar-refractivity contribution in [3.8, 4) is 0 Å². The first kappa shape index (κ1) is 20.5. The fraction of sp³-hybridized carbons (Fsp3) is 0.263. The Morgan fingerprint density at radius 3 is 2.32 bits per heavy atom. The normalized spacial score (nSPS) is 9.88. The lowest BCUT2D eigenvalue weighted by molar-refractivity contribution is -0.116. The molecule has 0 radical (unpaired) electrons. The van der Waals surface area contributed by atoms with Gasteiger partial charge in [0.15, 0.2) is 0 Å². The zero-order valence-corrected chi connectivity index (χ0v) is 15.5. The zero-order valence-electron chi connectivity index (χ0n) is 14.7. The summed E-state index contributed by atoms with van der Waals surface area (Å²) in [5, 5.41) is 5.77. The summed E-state index contributed by atoms with van der Waals surface area (Å²) in [4.78, 5) is 24.3. The van der Waals surface area contributed by atoms with Crippen LogP contribution in [0, 0.1) is 13.8 Å². The Morgan fingerprint density at radius 2 is 1.68 bits per heavy atom. The largest absolute Gasteiger partial charge is 0.399 e. The molecule has 2 aromatic carbocycles. The monoisotopic (exact) mass is 361 g/mol. The van der Waals surface area contributed by atoms with Crippen molar-refractivity contribution in [1.82, 2.24) is 0 Å². The highest BCUT2D eigenvalue weighted by atomic mass is 35.5. The van der Waals surface area contributed by atoms with Crippen LogP contribution in [0.3, 0.4) is 0 Å². The number of nitrogen functional groups attached to an aromatic ring is 1. The summed E-state index contributed by atoms with van der Waals surface area (Å²) in [6.45, 7) is 5.68. The summed E-state index contributed by atoms with van der Waals surface area (Å²) >= 11 is 0. The molecule has 0 aliphatic carbocycles. The molecule has 0 saturated heterocycles. The van der Waals surface area contributed by atoms with E-state index in [1.807, 2.05) is 39.0 Å². The van der Waals surface area contributed by atoms with Gasteiger partial charge in [-0.05, 0) is 55.7 Å². The highest BCUT2D eigenvalue weighted by Gasteiger charge is 2.13. The smallest absolute Gasteiger partial charge is 0.256 e. The van der Waals surface area contributed by atoms with Crippen LogP contribution in [-0.2, 0) is 4.79 Å². The standard InChI is InChI=1S/C19H23N3O2.ClH/c1-4-6-18(23)21-16-7-5-8-17(13(16)3)22-19(24)15-11-14(20)10-9-12(15)2;/h5,7-11H,4,6,20H2,1-3H3,(H,21,23)(H,22,24);1H. The van der Waals surface area contributed by atoms with E-state index in [1.54, 1.807) is 18.2 Å². The van der Waals surface area contributed by atoms with Gasteiger partial charge in [-0.15, -0.1) is 12.4 Å². The van der Waals surface area contributed by atoms with Crippen molar-refractivity contribution in [2.45, 2.75) is 33.6 Å². The number of amides is 2. The molecule has 0 aliphatic heterocycles. The summed E-state index contributed by atoms with van der Waals surface area (Å²) in [6.07, 6.45) is 1.26. The number of nitrogens with two attached hydrogens (primary N) is 1. The number of carbonyl (C=O) groups excluding carboxylic acids is 2. The summed E-state index contributed by atoms with van der Waals surface area (Å²) in [5.41, 5.74) is 9.89. The number of carbonyl (C=O) groups is 2. The van der Waals surface area contributed by atoms with E-state index in [4.69, 9.17) is 5.73 Å². The molecule has 0 saturated carbocycles. The maximum Gasteiger partial charge on any atom is 0.256 e. The first-order valence-electron chi connectivity index (χ1n) is 7.99. The Morgan fingerprint density at radius 1 is 1.04 bits per heavy atom. The van der Waals surface area contributed by atoms with Crippen LogP contribution in [0.4, 0.5) is 17.1 Å². The van der Waals surface area contributed by atoms with E-state index in [0.29, 0.717) is 29.0 Å². The van der Waals surface area contributed by atoms with Gasteiger partial charge in [0.1, 0.15) is 0 Å². The number of nitrogens with one attached hydrogen (secondary N) is 2. The van der Waals surface area contributed by atoms with Gasteiger partial charge in [0.05, 0.1) is 0 Å². The van der Waals surface area contributed by atoms with Crippen LogP contribution >= 0.6 is 12.4 Å². The van der Waals surface area contributed by atoms with Gasteiger partial charge in [-0.3, -0.25) is 9.59 Å². The minimum Gasteiger partial charge on any atom is -0.399 e. The summed E-state index contributed by atoms with van der Waals surface area (Å²) < 4.78 is 0. The fourth-order valence-electron chi connectivity index (χ4n) is 2.42. The Hall–Kier alpha value is -2.53. The van der Waals surface area contributed by atoms with Crippen LogP contribution in [0.15, 0.2) is 36.4 Å². The van der Waals surface area contributed by atoms with Crippen LogP contribution in [0.2, 0.25) is 0 Å². The quantitative estimate of drug-likeness (QED) is 0.694. The van der Waals surface area contributed by atoms with Gasteiger partial charge >= 0.3 is 0 Å². The van der Waals surface area contributed by atoms with E-state index in [9.17, 15) is 9.59 Å². The van der Waals surface area contributed by atoms with E-state index in [1.165, 1.54) is 0 Å². The van der Waals surface area contributed by atoms with Crippen molar-refractivity contribution in [2.24, 2.45) is 0 Å². The lowest BCUT2D eigenvalue weighted by Crippen LogP contribution is -2.16. The Bertz CT molecular complexity index is 775. The number of anilines is 3. The second-order valence-electron chi connectivity index (χ2n) is 5.80. The van der Waals surface area contributed by atoms with Crippen molar-refractivity contribution >= 4 is 41.3 Å².